The van der Waals surface area contributed by atoms with E-state index in [9.17, 15) is 4.79 Å². The van der Waals surface area contributed by atoms with Crippen LogP contribution in [0.5, 0.6) is 0 Å². The van der Waals surface area contributed by atoms with Crippen LogP contribution in [0.15, 0.2) is 4.79 Å². The maximum atomic E-state index is 10.8. The van der Waals surface area contributed by atoms with Gasteiger partial charge >= 0.3 is 4.87 Å². The Morgan fingerprint density at radius 1 is 1.50 bits per heavy atom. The summed E-state index contributed by atoms with van der Waals surface area (Å²) in [5.74, 6) is 0. The zero-order chi connectivity index (χ0) is 6.97. The number of thiazole rings is 1. The summed E-state index contributed by atoms with van der Waals surface area (Å²) in [4.78, 5) is 13.6. The molecule has 1 aromatic heterocycles. The van der Waals surface area contributed by atoms with E-state index in [1.54, 1.807) is 0 Å². The van der Waals surface area contributed by atoms with Crippen LogP contribution in [-0.4, -0.2) is 11.5 Å². The fraction of sp³-hybridized carbons (Fsp3) is 0.500. The molecule has 0 saturated carbocycles. The Morgan fingerprint density at radius 3 is 3.20 bits per heavy atom. The first-order valence-corrected chi connectivity index (χ1v) is 4.14. The zero-order valence-corrected chi connectivity index (χ0v) is 6.25. The van der Waals surface area contributed by atoms with Gasteiger partial charge < -0.3 is 10.3 Å². The molecule has 2 N–H and O–H groups in total. The van der Waals surface area contributed by atoms with Crippen LogP contribution in [0, 0.1) is 0 Å². The highest BCUT2D eigenvalue weighted by Crippen LogP contribution is 2.21. The minimum atomic E-state index is 0.0550. The van der Waals surface area contributed by atoms with Gasteiger partial charge in [0.25, 0.3) is 0 Å². The van der Waals surface area contributed by atoms with Gasteiger partial charge in [0.1, 0.15) is 5.00 Å². The number of hydrogen-bond acceptors (Lipinski definition) is 3. The number of nitrogens with one attached hydrogen (secondary N) is 2. The predicted octanol–water partition coefficient (Wildman–Crippen LogP) is 0.794. The van der Waals surface area contributed by atoms with Gasteiger partial charge in [-0.05, 0) is 12.8 Å². The molecule has 0 fully saturated rings. The van der Waals surface area contributed by atoms with Crippen LogP contribution < -0.4 is 10.2 Å². The summed E-state index contributed by atoms with van der Waals surface area (Å²) in [6.45, 7) is 1.00. The van der Waals surface area contributed by atoms with Gasteiger partial charge in [0.05, 0.1) is 5.69 Å². The van der Waals surface area contributed by atoms with Crippen molar-refractivity contribution in [2.75, 3.05) is 11.9 Å². The van der Waals surface area contributed by atoms with Crippen molar-refractivity contribution in [3.8, 4) is 0 Å². The molecule has 1 aromatic rings. The third-order valence-corrected chi connectivity index (χ3v) is 2.49. The van der Waals surface area contributed by atoms with E-state index in [0.717, 1.165) is 30.1 Å². The topological polar surface area (TPSA) is 44.9 Å². The standard InChI is InChI=1S/C6H8N2OS/c9-6-8-4-2-1-3-7-5(4)10-6/h7H,1-3H2,(H,8,9). The Morgan fingerprint density at radius 2 is 2.40 bits per heavy atom. The predicted molar refractivity (Wildman–Crippen MR) is 41.8 cm³/mol. The van der Waals surface area contributed by atoms with E-state index in [-0.39, 0.29) is 4.87 Å². The number of H-pyrrole nitrogens is 1. The van der Waals surface area contributed by atoms with Crippen molar-refractivity contribution >= 4 is 16.3 Å². The fourth-order valence-corrected chi connectivity index (χ4v) is 1.96. The molecule has 0 saturated heterocycles. The van der Waals surface area contributed by atoms with Crippen LogP contribution in [0.4, 0.5) is 5.00 Å². The molecule has 0 aromatic carbocycles. The second kappa shape index (κ2) is 2.12. The Bertz CT molecular complexity index is 262. The van der Waals surface area contributed by atoms with E-state index >= 15 is 0 Å². The van der Waals surface area contributed by atoms with Gasteiger partial charge in [-0.2, -0.15) is 0 Å². The van der Waals surface area contributed by atoms with E-state index in [1.807, 2.05) is 0 Å². The van der Waals surface area contributed by atoms with Gasteiger partial charge in [0, 0.05) is 6.54 Å². The van der Waals surface area contributed by atoms with Crippen LogP contribution >= 0.6 is 11.3 Å². The lowest BCUT2D eigenvalue weighted by Crippen LogP contribution is -2.09. The lowest BCUT2D eigenvalue weighted by molar-refractivity contribution is 0.811. The maximum Gasteiger partial charge on any atom is 0.306 e. The Balaban J connectivity index is 2.50. The third-order valence-electron chi connectivity index (χ3n) is 1.61. The number of rotatable bonds is 0. The minimum Gasteiger partial charge on any atom is -0.375 e. The van der Waals surface area contributed by atoms with Crippen molar-refractivity contribution in [2.24, 2.45) is 0 Å². The van der Waals surface area contributed by atoms with E-state index in [1.165, 1.54) is 11.3 Å². The van der Waals surface area contributed by atoms with Crippen LogP contribution in [-0.2, 0) is 6.42 Å². The summed E-state index contributed by atoms with van der Waals surface area (Å²) in [5, 5.41) is 4.21. The number of hydrogen-bond donors (Lipinski definition) is 2. The molecule has 0 spiro atoms. The summed E-state index contributed by atoms with van der Waals surface area (Å²) >= 11 is 1.27. The van der Waals surface area contributed by atoms with Crippen molar-refractivity contribution in [1.29, 1.82) is 0 Å². The molecule has 4 heteroatoms. The molecule has 2 heterocycles. The van der Waals surface area contributed by atoms with Gasteiger partial charge in [-0.1, -0.05) is 11.3 Å². The minimum absolute atomic E-state index is 0.0550. The highest BCUT2D eigenvalue weighted by Gasteiger charge is 2.10. The van der Waals surface area contributed by atoms with Crippen LogP contribution in [0.2, 0.25) is 0 Å². The monoisotopic (exact) mass is 156 g/mol. The lowest BCUT2D eigenvalue weighted by atomic mass is 10.2. The number of aryl methyl sites for hydroxylation is 1. The van der Waals surface area contributed by atoms with Crippen molar-refractivity contribution < 1.29 is 0 Å². The van der Waals surface area contributed by atoms with Gasteiger partial charge in [0.2, 0.25) is 0 Å². The molecule has 54 valence electrons. The average Bonchev–Trinajstić information content (AvgIpc) is 2.27. The normalized spacial score (nSPS) is 16.0. The van der Waals surface area contributed by atoms with Crippen molar-refractivity contribution in [2.45, 2.75) is 12.8 Å². The fourth-order valence-electron chi connectivity index (χ4n) is 1.15. The highest BCUT2D eigenvalue weighted by molar-refractivity contribution is 7.13. The second-order valence-electron chi connectivity index (χ2n) is 2.35. The molecule has 10 heavy (non-hydrogen) atoms. The molecule has 0 radical (unpaired) electrons. The Hall–Kier alpha value is -0.770. The maximum absolute atomic E-state index is 10.8. The third kappa shape index (κ3) is 0.844. The quantitative estimate of drug-likeness (QED) is 0.583. The first-order chi connectivity index (χ1) is 4.86. The smallest absolute Gasteiger partial charge is 0.306 e. The summed E-state index contributed by atoms with van der Waals surface area (Å²) in [5.41, 5.74) is 1.08. The zero-order valence-electron chi connectivity index (χ0n) is 5.44. The molecule has 0 amide bonds. The molecule has 0 bridgehead atoms. The van der Waals surface area contributed by atoms with E-state index in [2.05, 4.69) is 10.3 Å². The molecule has 0 atom stereocenters. The first-order valence-electron chi connectivity index (χ1n) is 3.32. The van der Waals surface area contributed by atoms with Gasteiger partial charge in [-0.25, -0.2) is 0 Å². The average molecular weight is 156 g/mol. The summed E-state index contributed by atoms with van der Waals surface area (Å²) in [7, 11) is 0. The SMILES string of the molecule is O=c1[nH]c2c(s1)NCCC2. The van der Waals surface area contributed by atoms with Gasteiger partial charge in [-0.15, -0.1) is 0 Å². The number of aromatic amines is 1. The Labute approximate surface area is 62.1 Å². The van der Waals surface area contributed by atoms with Crippen molar-refractivity contribution in [3.05, 3.63) is 15.4 Å². The molecule has 1 aliphatic heterocycles. The summed E-state index contributed by atoms with van der Waals surface area (Å²) in [6.07, 6.45) is 2.14. The van der Waals surface area contributed by atoms with E-state index in [0.29, 0.717) is 0 Å². The van der Waals surface area contributed by atoms with Crippen LogP contribution in [0.25, 0.3) is 0 Å². The lowest BCUT2D eigenvalue weighted by Gasteiger charge is -2.10. The molecule has 0 aliphatic carbocycles. The molecular formula is C6H8N2OS. The molecule has 1 aliphatic rings. The van der Waals surface area contributed by atoms with Crippen molar-refractivity contribution in [3.63, 3.8) is 0 Å². The number of aromatic nitrogens is 1. The van der Waals surface area contributed by atoms with Crippen LogP contribution in [0.1, 0.15) is 12.1 Å². The van der Waals surface area contributed by atoms with E-state index < -0.39 is 0 Å². The molecule has 2 rings (SSSR count). The van der Waals surface area contributed by atoms with Crippen LogP contribution in [0.3, 0.4) is 0 Å². The molecule has 3 nitrogen and oxygen atoms in total. The van der Waals surface area contributed by atoms with Gasteiger partial charge in [0.15, 0.2) is 0 Å². The number of fused-ring (bicyclic) bond motifs is 1. The van der Waals surface area contributed by atoms with Crippen molar-refractivity contribution in [1.82, 2.24) is 4.98 Å². The first kappa shape index (κ1) is 5.97. The number of anilines is 1. The summed E-state index contributed by atoms with van der Waals surface area (Å²) < 4.78 is 0. The Kier molecular flexibility index (Phi) is 1.27. The second-order valence-corrected chi connectivity index (χ2v) is 3.34. The summed E-state index contributed by atoms with van der Waals surface area (Å²) in [6, 6.07) is 0. The largest absolute Gasteiger partial charge is 0.375 e. The molecule has 0 unspecified atom stereocenters. The highest BCUT2D eigenvalue weighted by atomic mass is 32.1. The van der Waals surface area contributed by atoms with Gasteiger partial charge in [-0.3, -0.25) is 4.79 Å². The van der Waals surface area contributed by atoms with E-state index in [4.69, 9.17) is 0 Å². The molecular weight excluding hydrogens is 148 g/mol.